The van der Waals surface area contributed by atoms with Crippen molar-refractivity contribution in [3.63, 3.8) is 0 Å². The van der Waals surface area contributed by atoms with Crippen molar-refractivity contribution in [2.75, 3.05) is 0 Å². The molecule has 0 amide bonds. The van der Waals surface area contributed by atoms with Gasteiger partial charge in [-0.1, -0.05) is 42.0 Å². The first-order valence-corrected chi connectivity index (χ1v) is 6.73. The van der Waals surface area contributed by atoms with Gasteiger partial charge in [-0.05, 0) is 30.7 Å². The van der Waals surface area contributed by atoms with Gasteiger partial charge in [0.2, 0.25) is 5.28 Å². The smallest absolute Gasteiger partial charge is 0.204 e. The highest BCUT2D eigenvalue weighted by atomic mass is 35.5. The molecular formula is C16H13ClN2O. The summed E-state index contributed by atoms with van der Waals surface area (Å²) in [7, 11) is 0. The molecule has 0 unspecified atom stereocenters. The largest absolute Gasteiger partial charge is 0.307 e. The fourth-order valence-corrected chi connectivity index (χ4v) is 2.41. The van der Waals surface area contributed by atoms with E-state index < -0.39 is 0 Å². The Kier molecular flexibility index (Phi) is 3.28. The third-order valence-electron chi connectivity index (χ3n) is 3.28. The fraction of sp³-hybridized carbons (Fsp3) is 0.125. The second kappa shape index (κ2) is 5.10. The highest BCUT2D eigenvalue weighted by Gasteiger charge is 2.13. The second-order valence-electron chi connectivity index (χ2n) is 4.74. The maximum Gasteiger partial charge on any atom is 0.204 e. The number of benzene rings is 2. The van der Waals surface area contributed by atoms with Crippen molar-refractivity contribution >= 4 is 28.4 Å². The lowest BCUT2D eigenvalue weighted by atomic mass is 10.1. The Hall–Kier alpha value is -2.13. The molecule has 0 aliphatic carbocycles. The average Bonchev–Trinajstić information content (AvgIpc) is 2.76. The predicted molar refractivity (Wildman–Crippen MR) is 80.3 cm³/mol. The van der Waals surface area contributed by atoms with E-state index in [2.05, 4.69) is 4.98 Å². The van der Waals surface area contributed by atoms with Crippen molar-refractivity contribution in [1.82, 2.24) is 9.55 Å². The van der Waals surface area contributed by atoms with Crippen LogP contribution in [-0.4, -0.2) is 15.3 Å². The van der Waals surface area contributed by atoms with Gasteiger partial charge >= 0.3 is 0 Å². The quantitative estimate of drug-likeness (QED) is 0.684. The molecule has 0 aliphatic rings. The lowest BCUT2D eigenvalue weighted by molar-refractivity contribution is 0.0973. The summed E-state index contributed by atoms with van der Waals surface area (Å²) in [5, 5.41) is 0.340. The number of rotatable bonds is 3. The molecule has 0 spiro atoms. The van der Waals surface area contributed by atoms with Crippen LogP contribution in [-0.2, 0) is 6.54 Å². The SMILES string of the molecule is Cc1ccc(C(=O)Cn2c(Cl)nc3ccccc32)cc1. The lowest BCUT2D eigenvalue weighted by Gasteiger charge is -2.05. The Morgan fingerprint density at radius 2 is 1.85 bits per heavy atom. The van der Waals surface area contributed by atoms with E-state index in [0.717, 1.165) is 16.6 Å². The van der Waals surface area contributed by atoms with Gasteiger partial charge in [0.15, 0.2) is 5.78 Å². The standard InChI is InChI=1S/C16H13ClN2O/c1-11-6-8-12(9-7-11)15(20)10-19-14-5-3-2-4-13(14)18-16(19)17/h2-9H,10H2,1H3. The van der Waals surface area contributed by atoms with Crippen molar-refractivity contribution < 1.29 is 4.79 Å². The Morgan fingerprint density at radius 1 is 1.15 bits per heavy atom. The van der Waals surface area contributed by atoms with E-state index in [9.17, 15) is 4.79 Å². The number of imidazole rings is 1. The Labute approximate surface area is 121 Å². The third-order valence-corrected chi connectivity index (χ3v) is 3.57. The number of ketones is 1. The first kappa shape index (κ1) is 12.9. The highest BCUT2D eigenvalue weighted by Crippen LogP contribution is 2.20. The third kappa shape index (κ3) is 2.32. The Balaban J connectivity index is 1.95. The van der Waals surface area contributed by atoms with Crippen LogP contribution in [0.2, 0.25) is 5.28 Å². The lowest BCUT2D eigenvalue weighted by Crippen LogP contribution is -2.10. The summed E-state index contributed by atoms with van der Waals surface area (Å²) in [6.07, 6.45) is 0. The first-order valence-electron chi connectivity index (χ1n) is 6.36. The van der Waals surface area contributed by atoms with Gasteiger partial charge in [0.05, 0.1) is 17.6 Å². The van der Waals surface area contributed by atoms with Crippen molar-refractivity contribution in [3.05, 3.63) is 64.9 Å². The maximum absolute atomic E-state index is 12.3. The minimum atomic E-state index is 0.0232. The maximum atomic E-state index is 12.3. The van der Waals surface area contributed by atoms with Crippen LogP contribution in [0.5, 0.6) is 0 Å². The van der Waals surface area contributed by atoms with Crippen LogP contribution in [0.25, 0.3) is 11.0 Å². The monoisotopic (exact) mass is 284 g/mol. The molecule has 0 saturated carbocycles. The second-order valence-corrected chi connectivity index (χ2v) is 5.08. The van der Waals surface area contributed by atoms with E-state index in [1.165, 1.54) is 0 Å². The summed E-state index contributed by atoms with van der Waals surface area (Å²) in [4.78, 5) is 16.6. The molecule has 4 heteroatoms. The average molecular weight is 285 g/mol. The number of para-hydroxylation sites is 2. The van der Waals surface area contributed by atoms with Crippen molar-refractivity contribution in [2.45, 2.75) is 13.5 Å². The van der Waals surface area contributed by atoms with Crippen molar-refractivity contribution in [1.29, 1.82) is 0 Å². The van der Waals surface area contributed by atoms with E-state index in [1.54, 1.807) is 4.57 Å². The van der Waals surface area contributed by atoms with Gasteiger partial charge in [-0.25, -0.2) is 4.98 Å². The van der Waals surface area contributed by atoms with Crippen LogP contribution < -0.4 is 0 Å². The van der Waals surface area contributed by atoms with Crippen LogP contribution in [0.1, 0.15) is 15.9 Å². The number of hydrogen-bond acceptors (Lipinski definition) is 2. The zero-order chi connectivity index (χ0) is 14.1. The number of nitrogens with zero attached hydrogens (tertiary/aromatic N) is 2. The van der Waals surface area contributed by atoms with Gasteiger partial charge in [-0.15, -0.1) is 0 Å². The summed E-state index contributed by atoms with van der Waals surface area (Å²) in [5.41, 5.74) is 3.49. The molecule has 0 N–H and O–H groups in total. The van der Waals surface area contributed by atoms with Gasteiger partial charge in [-0.2, -0.15) is 0 Å². The van der Waals surface area contributed by atoms with Gasteiger partial charge in [0, 0.05) is 5.56 Å². The zero-order valence-electron chi connectivity index (χ0n) is 11.0. The number of carbonyl (C=O) groups is 1. The van der Waals surface area contributed by atoms with Crippen LogP contribution in [0.3, 0.4) is 0 Å². The molecule has 0 aliphatic heterocycles. The minimum absolute atomic E-state index is 0.0232. The normalized spacial score (nSPS) is 10.9. The first-order chi connectivity index (χ1) is 9.65. The molecule has 1 heterocycles. The zero-order valence-corrected chi connectivity index (χ0v) is 11.8. The van der Waals surface area contributed by atoms with E-state index in [1.807, 2.05) is 55.5 Å². The Morgan fingerprint density at radius 3 is 2.60 bits per heavy atom. The molecule has 1 aromatic heterocycles. The topological polar surface area (TPSA) is 34.9 Å². The molecule has 3 nitrogen and oxygen atoms in total. The van der Waals surface area contributed by atoms with E-state index in [4.69, 9.17) is 11.6 Å². The molecule has 0 saturated heterocycles. The number of Topliss-reactive ketones (excluding diaryl/α,β-unsaturated/α-hetero) is 1. The van der Waals surface area contributed by atoms with Crippen molar-refractivity contribution in [2.24, 2.45) is 0 Å². The molecule has 100 valence electrons. The summed E-state index contributed by atoms with van der Waals surface area (Å²) in [6.45, 7) is 2.19. The van der Waals surface area contributed by atoms with Crippen LogP contribution in [0.15, 0.2) is 48.5 Å². The molecule has 0 atom stereocenters. The van der Waals surface area contributed by atoms with E-state index in [-0.39, 0.29) is 12.3 Å². The number of aryl methyl sites for hydroxylation is 1. The molecular weight excluding hydrogens is 272 g/mol. The predicted octanol–water partition coefficient (Wildman–Crippen LogP) is 3.88. The molecule has 2 aromatic carbocycles. The van der Waals surface area contributed by atoms with Crippen LogP contribution in [0, 0.1) is 6.92 Å². The minimum Gasteiger partial charge on any atom is -0.307 e. The molecule has 20 heavy (non-hydrogen) atoms. The summed E-state index contributed by atoms with van der Waals surface area (Å²) in [5.74, 6) is 0.0232. The summed E-state index contributed by atoms with van der Waals surface area (Å²) < 4.78 is 1.74. The van der Waals surface area contributed by atoms with E-state index in [0.29, 0.717) is 10.8 Å². The number of hydrogen-bond donors (Lipinski definition) is 0. The van der Waals surface area contributed by atoms with E-state index >= 15 is 0 Å². The van der Waals surface area contributed by atoms with Gasteiger partial charge in [0.25, 0.3) is 0 Å². The van der Waals surface area contributed by atoms with Gasteiger partial charge in [-0.3, -0.25) is 4.79 Å². The molecule has 0 bridgehead atoms. The Bertz CT molecular complexity index is 775. The molecule has 3 rings (SSSR count). The highest BCUT2D eigenvalue weighted by molar-refractivity contribution is 6.29. The van der Waals surface area contributed by atoms with Gasteiger partial charge < -0.3 is 4.57 Å². The summed E-state index contributed by atoms with van der Waals surface area (Å²) >= 11 is 6.12. The molecule has 0 fully saturated rings. The van der Waals surface area contributed by atoms with Crippen molar-refractivity contribution in [3.8, 4) is 0 Å². The van der Waals surface area contributed by atoms with Gasteiger partial charge in [0.1, 0.15) is 0 Å². The van der Waals surface area contributed by atoms with Crippen LogP contribution >= 0.6 is 11.6 Å². The number of fused-ring (bicyclic) bond motifs is 1. The molecule has 3 aromatic rings. The number of carbonyl (C=O) groups excluding carboxylic acids is 1. The molecule has 0 radical (unpaired) electrons. The van der Waals surface area contributed by atoms with Crippen LogP contribution in [0.4, 0.5) is 0 Å². The number of halogens is 1. The number of aromatic nitrogens is 2. The fourth-order valence-electron chi connectivity index (χ4n) is 2.17. The summed E-state index contributed by atoms with van der Waals surface area (Å²) in [6, 6.07) is 15.1.